The first-order valence-corrected chi connectivity index (χ1v) is 2.46. The zero-order valence-corrected chi connectivity index (χ0v) is 4.78. The second-order valence-electron chi connectivity index (χ2n) is 1.64. The molecule has 39 valence electrons. The topological polar surface area (TPSA) is 0 Å². The molecule has 0 aromatic carbocycles. The minimum atomic E-state index is 0.539. The van der Waals surface area contributed by atoms with E-state index >= 15 is 0 Å². The van der Waals surface area contributed by atoms with Crippen molar-refractivity contribution >= 4 is 0 Å². The molecule has 0 heteroatoms. The fourth-order valence-electron chi connectivity index (χ4n) is 0.285. The minimum absolute atomic E-state index is 0.539. The first-order valence-electron chi connectivity index (χ1n) is 2.46. The van der Waals surface area contributed by atoms with Crippen LogP contribution in [0.2, 0.25) is 0 Å². The number of hydrogen-bond acceptors (Lipinski definition) is 0. The molecule has 0 aliphatic heterocycles. The van der Waals surface area contributed by atoms with Gasteiger partial charge in [-0.15, -0.1) is 5.73 Å². The molecular weight excluding hydrogens is 84.1 g/mol. The van der Waals surface area contributed by atoms with Crippen LogP contribution >= 0.6 is 0 Å². The molecule has 0 bridgehead atoms. The molecule has 0 N–H and O–H groups in total. The number of allylic oxidation sites excluding steroid dienone is 1. The van der Waals surface area contributed by atoms with Crippen molar-refractivity contribution in [2.45, 2.75) is 13.3 Å². The minimum Gasteiger partial charge on any atom is -0.133 e. The Morgan fingerprint density at radius 2 is 2.43 bits per heavy atom. The number of hydrogen-bond donors (Lipinski definition) is 0. The van der Waals surface area contributed by atoms with Gasteiger partial charge >= 0.3 is 0 Å². The maximum absolute atomic E-state index is 3.71. The van der Waals surface area contributed by atoms with Gasteiger partial charge in [-0.3, -0.25) is 0 Å². The van der Waals surface area contributed by atoms with Crippen molar-refractivity contribution in [2.24, 2.45) is 5.92 Å². The van der Waals surface area contributed by atoms with E-state index in [0.29, 0.717) is 5.92 Å². The molecule has 0 aromatic heterocycles. The summed E-state index contributed by atoms with van der Waals surface area (Å²) in [6.07, 6.45) is 2.86. The van der Waals surface area contributed by atoms with Crippen molar-refractivity contribution in [1.29, 1.82) is 0 Å². The van der Waals surface area contributed by atoms with Gasteiger partial charge in [0.1, 0.15) is 0 Å². The highest BCUT2D eigenvalue weighted by molar-refractivity contribution is 4.81. The average molecular weight is 95.2 g/mol. The van der Waals surface area contributed by atoms with Crippen molar-refractivity contribution < 1.29 is 0 Å². The lowest BCUT2D eigenvalue weighted by Crippen LogP contribution is -1.81. The molecule has 1 atom stereocenters. The van der Waals surface area contributed by atoms with Crippen LogP contribution in [0.1, 0.15) is 13.3 Å². The molecule has 0 rings (SSSR count). The smallest absolute Gasteiger partial charge is 0.0186 e. The van der Waals surface area contributed by atoms with Crippen molar-refractivity contribution in [2.75, 3.05) is 0 Å². The summed E-state index contributed by atoms with van der Waals surface area (Å²) in [7, 11) is 0. The summed E-state index contributed by atoms with van der Waals surface area (Å²) < 4.78 is 0. The van der Waals surface area contributed by atoms with Gasteiger partial charge in [0.25, 0.3) is 0 Å². The van der Waals surface area contributed by atoms with Gasteiger partial charge in [-0.05, 0) is 18.4 Å². The van der Waals surface area contributed by atoms with Crippen LogP contribution < -0.4 is 0 Å². The van der Waals surface area contributed by atoms with E-state index < -0.39 is 0 Å². The van der Waals surface area contributed by atoms with Gasteiger partial charge in [-0.2, -0.15) is 0 Å². The summed E-state index contributed by atoms with van der Waals surface area (Å²) >= 11 is 0. The molecule has 0 saturated carbocycles. The molecule has 0 saturated heterocycles. The van der Waals surface area contributed by atoms with Crippen LogP contribution in [-0.2, 0) is 0 Å². The Hall–Kier alpha value is -0.480. The highest BCUT2D eigenvalue weighted by Gasteiger charge is 1.86. The molecule has 1 unspecified atom stereocenters. The predicted octanol–water partition coefficient (Wildman–Crippen LogP) is 2.19. The van der Waals surface area contributed by atoms with Crippen LogP contribution in [0.25, 0.3) is 0 Å². The zero-order chi connectivity index (χ0) is 5.70. The summed E-state index contributed by atoms with van der Waals surface area (Å²) in [5.41, 5.74) is 2.70. The first kappa shape index (κ1) is 6.52. The highest BCUT2D eigenvalue weighted by atomic mass is 13.9. The molecule has 0 nitrogen and oxygen atoms in total. The van der Waals surface area contributed by atoms with Gasteiger partial charge < -0.3 is 0 Å². The molecule has 1 radical (unpaired) electrons. The third kappa shape index (κ3) is 3.35. The van der Waals surface area contributed by atoms with Crippen LogP contribution in [0, 0.1) is 12.8 Å². The van der Waals surface area contributed by atoms with E-state index in [1.165, 1.54) is 0 Å². The quantitative estimate of drug-likeness (QED) is 0.461. The summed E-state index contributed by atoms with van der Waals surface area (Å²) in [5, 5.41) is 0. The first-order chi connectivity index (χ1) is 3.31. The lowest BCUT2D eigenvalue weighted by atomic mass is 10.1. The fraction of sp³-hybridized carbons (Fsp3) is 0.429. The largest absolute Gasteiger partial charge is 0.133 e. The van der Waals surface area contributed by atoms with Crippen molar-refractivity contribution in [3.63, 3.8) is 0 Å². The molecule has 0 fully saturated rings. The molecule has 7 heavy (non-hydrogen) atoms. The van der Waals surface area contributed by atoms with Gasteiger partial charge in [0.2, 0.25) is 0 Å². The molecule has 0 spiro atoms. The van der Waals surface area contributed by atoms with E-state index in [-0.39, 0.29) is 0 Å². The Labute approximate surface area is 45.5 Å². The Morgan fingerprint density at radius 3 is 2.57 bits per heavy atom. The van der Waals surface area contributed by atoms with Crippen LogP contribution in [0.5, 0.6) is 0 Å². The predicted molar refractivity (Wildman–Crippen MR) is 32.8 cm³/mol. The maximum Gasteiger partial charge on any atom is -0.0186 e. The molecule has 0 aromatic rings. The molecule has 0 heterocycles. The second-order valence-corrected chi connectivity index (χ2v) is 1.64. The van der Waals surface area contributed by atoms with Gasteiger partial charge in [0, 0.05) is 0 Å². The van der Waals surface area contributed by atoms with Crippen LogP contribution in [0.15, 0.2) is 18.4 Å². The van der Waals surface area contributed by atoms with Crippen LogP contribution in [0.3, 0.4) is 0 Å². The van der Waals surface area contributed by atoms with Crippen molar-refractivity contribution in [1.82, 2.24) is 0 Å². The Bertz CT molecular complexity index is 76.0. The lowest BCUT2D eigenvalue weighted by molar-refractivity contribution is 0.743. The van der Waals surface area contributed by atoms with Crippen molar-refractivity contribution in [3.8, 4) is 0 Å². The van der Waals surface area contributed by atoms with E-state index in [0.717, 1.165) is 6.42 Å². The third-order valence-corrected chi connectivity index (χ3v) is 0.858. The number of rotatable bonds is 2. The average Bonchev–Trinajstić information content (AvgIpc) is 1.68. The SMILES string of the molecule is [CH2]CC(C)C=C=C. The summed E-state index contributed by atoms with van der Waals surface area (Å²) in [6, 6.07) is 0. The molecule has 0 aliphatic rings. The Balaban J connectivity index is 3.35. The summed E-state index contributed by atoms with van der Waals surface area (Å²) in [4.78, 5) is 0. The van der Waals surface area contributed by atoms with Gasteiger partial charge in [-0.25, -0.2) is 0 Å². The van der Waals surface area contributed by atoms with Crippen LogP contribution in [-0.4, -0.2) is 0 Å². The zero-order valence-electron chi connectivity index (χ0n) is 4.78. The fourth-order valence-corrected chi connectivity index (χ4v) is 0.285. The monoisotopic (exact) mass is 95.1 g/mol. The van der Waals surface area contributed by atoms with E-state index in [1.807, 2.05) is 6.08 Å². The maximum atomic E-state index is 3.71. The molecule has 0 amide bonds. The lowest BCUT2D eigenvalue weighted by Gasteiger charge is -1.93. The Morgan fingerprint density at radius 1 is 1.86 bits per heavy atom. The van der Waals surface area contributed by atoms with Gasteiger partial charge in [-0.1, -0.05) is 20.4 Å². The highest BCUT2D eigenvalue weighted by Crippen LogP contribution is 1.98. The van der Waals surface area contributed by atoms with E-state index in [1.54, 1.807) is 0 Å². The van der Waals surface area contributed by atoms with Gasteiger partial charge in [0.05, 0.1) is 0 Å². The standard InChI is InChI=1S/C7H11/c1-4-6-7(3)5-2/h6-7H,1-2,5H2,3H3. The summed E-state index contributed by atoms with van der Waals surface area (Å²) in [6.45, 7) is 9.23. The summed E-state index contributed by atoms with van der Waals surface area (Å²) in [5.74, 6) is 0.539. The Kier molecular flexibility index (Phi) is 3.45. The third-order valence-electron chi connectivity index (χ3n) is 0.858. The molecular formula is C7H11. The van der Waals surface area contributed by atoms with E-state index in [4.69, 9.17) is 0 Å². The van der Waals surface area contributed by atoms with E-state index in [9.17, 15) is 0 Å². The second kappa shape index (κ2) is 3.70. The van der Waals surface area contributed by atoms with Crippen molar-refractivity contribution in [3.05, 3.63) is 25.3 Å². The van der Waals surface area contributed by atoms with Crippen LogP contribution in [0.4, 0.5) is 0 Å². The normalized spacial score (nSPS) is 12.3. The molecule has 0 aliphatic carbocycles. The van der Waals surface area contributed by atoms with Gasteiger partial charge in [0.15, 0.2) is 0 Å². The van der Waals surface area contributed by atoms with E-state index in [2.05, 4.69) is 26.2 Å².